The van der Waals surface area contributed by atoms with Crippen LogP contribution < -0.4 is 0 Å². The topological polar surface area (TPSA) is 37.8 Å². The number of carbonyl (C=O) groups excluding carboxylic acids is 1. The quantitative estimate of drug-likeness (QED) is 0.332. The Hall–Kier alpha value is -3.59. The van der Waals surface area contributed by atoms with Crippen LogP contribution in [0.25, 0.3) is 33.1 Å². The molecule has 0 saturated heterocycles. The highest BCUT2D eigenvalue weighted by atomic mass is 16.1. The monoisotopic (exact) mass is 392 g/mol. The summed E-state index contributed by atoms with van der Waals surface area (Å²) in [4.78, 5) is 16.9. The number of para-hydroxylation sites is 2. The van der Waals surface area contributed by atoms with Crippen LogP contribution in [0.4, 0.5) is 0 Å². The van der Waals surface area contributed by atoms with Gasteiger partial charge < -0.3 is 9.55 Å². The molecule has 3 aromatic carbocycles. The molecular weight excluding hydrogens is 368 g/mol. The third-order valence-electron chi connectivity index (χ3n) is 5.99. The van der Waals surface area contributed by atoms with Crippen LogP contribution in [-0.4, -0.2) is 15.3 Å². The molecule has 1 unspecified atom stereocenters. The Morgan fingerprint density at radius 1 is 0.900 bits per heavy atom. The number of aromatic amines is 1. The summed E-state index contributed by atoms with van der Waals surface area (Å²) < 4.78 is 2.04. The lowest BCUT2D eigenvalue weighted by molar-refractivity contribution is 0.0977. The molecule has 3 heteroatoms. The van der Waals surface area contributed by atoms with E-state index in [4.69, 9.17) is 0 Å². The molecule has 0 radical (unpaired) electrons. The third-order valence-corrected chi connectivity index (χ3v) is 5.99. The molecule has 3 nitrogen and oxygen atoms in total. The number of nitrogens with one attached hydrogen (secondary N) is 1. The molecule has 0 fully saturated rings. The van der Waals surface area contributed by atoms with Gasteiger partial charge in [-0.25, -0.2) is 0 Å². The van der Waals surface area contributed by atoms with Gasteiger partial charge in [-0.3, -0.25) is 4.79 Å². The molecule has 2 heterocycles. The Balaban J connectivity index is 1.56. The fraction of sp³-hybridized carbons (Fsp3) is 0.148. The zero-order chi connectivity index (χ0) is 20.7. The van der Waals surface area contributed by atoms with Crippen LogP contribution in [-0.2, 0) is 7.05 Å². The second kappa shape index (κ2) is 7.34. The summed E-state index contributed by atoms with van der Waals surface area (Å²) >= 11 is 0. The van der Waals surface area contributed by atoms with Gasteiger partial charge >= 0.3 is 0 Å². The molecule has 0 spiro atoms. The number of H-pyrrole nitrogens is 1. The summed E-state index contributed by atoms with van der Waals surface area (Å²) in [6.07, 6.45) is 2.43. The van der Waals surface area contributed by atoms with Crippen LogP contribution in [0.15, 0.2) is 85.1 Å². The van der Waals surface area contributed by atoms with E-state index in [1.165, 1.54) is 10.9 Å². The Morgan fingerprint density at radius 3 is 2.37 bits per heavy atom. The van der Waals surface area contributed by atoms with Gasteiger partial charge in [-0.2, -0.15) is 0 Å². The molecule has 0 aliphatic carbocycles. The van der Waals surface area contributed by atoms with E-state index >= 15 is 0 Å². The Kier molecular flexibility index (Phi) is 4.51. The zero-order valence-corrected chi connectivity index (χ0v) is 17.2. The number of carbonyl (C=O) groups is 1. The number of nitrogens with zero attached hydrogens (tertiary/aromatic N) is 1. The average molecular weight is 393 g/mol. The lowest BCUT2D eigenvalue weighted by atomic mass is 9.89. The minimum atomic E-state index is 0.0859. The van der Waals surface area contributed by atoms with Crippen molar-refractivity contribution in [2.75, 3.05) is 0 Å². The van der Waals surface area contributed by atoms with Gasteiger partial charge in [0.05, 0.1) is 0 Å². The Labute approximate surface area is 176 Å². The number of benzene rings is 3. The van der Waals surface area contributed by atoms with Crippen molar-refractivity contribution in [1.29, 1.82) is 0 Å². The van der Waals surface area contributed by atoms with Crippen molar-refractivity contribution in [3.63, 3.8) is 0 Å². The minimum absolute atomic E-state index is 0.0859. The van der Waals surface area contributed by atoms with Crippen LogP contribution in [0.5, 0.6) is 0 Å². The molecule has 30 heavy (non-hydrogen) atoms. The van der Waals surface area contributed by atoms with Gasteiger partial charge in [0.25, 0.3) is 0 Å². The summed E-state index contributed by atoms with van der Waals surface area (Å²) in [6.45, 7) is 2.16. The van der Waals surface area contributed by atoms with Crippen molar-refractivity contribution in [3.05, 3.63) is 96.2 Å². The first kappa shape index (κ1) is 18.4. The molecule has 2 aromatic heterocycles. The first-order valence-corrected chi connectivity index (χ1v) is 10.4. The van der Waals surface area contributed by atoms with Crippen molar-refractivity contribution in [2.45, 2.75) is 19.3 Å². The predicted octanol–water partition coefficient (Wildman–Crippen LogP) is 6.70. The molecular formula is C27H24N2O. The maximum Gasteiger partial charge on any atom is 0.165 e. The SMILES string of the molecule is CC(CC(=O)c1cn(C)c2ccccc12)c1c(-c2ccccc2)[nH]c2ccccc12. The Bertz CT molecular complexity index is 1360. The van der Waals surface area contributed by atoms with Gasteiger partial charge in [-0.1, -0.05) is 73.7 Å². The van der Waals surface area contributed by atoms with Crippen LogP contribution in [0.2, 0.25) is 0 Å². The number of hydrogen-bond donors (Lipinski definition) is 1. The Morgan fingerprint density at radius 2 is 1.57 bits per heavy atom. The lowest BCUT2D eigenvalue weighted by Gasteiger charge is -2.13. The lowest BCUT2D eigenvalue weighted by Crippen LogP contribution is -2.05. The van der Waals surface area contributed by atoms with E-state index in [0.717, 1.165) is 33.2 Å². The molecule has 0 bridgehead atoms. The average Bonchev–Trinajstić information content (AvgIpc) is 3.33. The number of fused-ring (bicyclic) bond motifs is 2. The number of aryl methyl sites for hydroxylation is 1. The highest BCUT2D eigenvalue weighted by Crippen LogP contribution is 2.37. The normalized spacial score (nSPS) is 12.5. The van der Waals surface area contributed by atoms with E-state index in [0.29, 0.717) is 6.42 Å². The first-order valence-electron chi connectivity index (χ1n) is 10.4. The van der Waals surface area contributed by atoms with E-state index in [1.807, 2.05) is 48.1 Å². The van der Waals surface area contributed by atoms with Crippen molar-refractivity contribution in [2.24, 2.45) is 7.05 Å². The number of rotatable bonds is 5. The molecule has 148 valence electrons. The largest absolute Gasteiger partial charge is 0.354 e. The molecule has 0 aliphatic heterocycles. The minimum Gasteiger partial charge on any atom is -0.354 e. The smallest absolute Gasteiger partial charge is 0.165 e. The second-order valence-electron chi connectivity index (χ2n) is 8.02. The molecule has 0 amide bonds. The molecule has 1 N–H and O–H groups in total. The van der Waals surface area contributed by atoms with Crippen molar-refractivity contribution in [3.8, 4) is 11.3 Å². The fourth-order valence-electron chi connectivity index (χ4n) is 4.56. The highest BCUT2D eigenvalue weighted by Gasteiger charge is 2.23. The van der Waals surface area contributed by atoms with Crippen molar-refractivity contribution in [1.82, 2.24) is 9.55 Å². The highest BCUT2D eigenvalue weighted by molar-refractivity contribution is 6.08. The number of hydrogen-bond acceptors (Lipinski definition) is 1. The van der Waals surface area contributed by atoms with E-state index in [-0.39, 0.29) is 11.7 Å². The second-order valence-corrected chi connectivity index (χ2v) is 8.02. The van der Waals surface area contributed by atoms with Gasteiger partial charge in [0.2, 0.25) is 0 Å². The van der Waals surface area contributed by atoms with Gasteiger partial charge in [0, 0.05) is 52.7 Å². The predicted molar refractivity (Wildman–Crippen MR) is 124 cm³/mol. The fourth-order valence-corrected chi connectivity index (χ4v) is 4.56. The molecule has 1 atom stereocenters. The molecule has 0 aliphatic rings. The van der Waals surface area contributed by atoms with Gasteiger partial charge in [-0.15, -0.1) is 0 Å². The van der Waals surface area contributed by atoms with Gasteiger partial charge in [0.1, 0.15) is 0 Å². The van der Waals surface area contributed by atoms with Crippen LogP contribution >= 0.6 is 0 Å². The third kappa shape index (κ3) is 3.03. The van der Waals surface area contributed by atoms with E-state index in [1.54, 1.807) is 0 Å². The summed E-state index contributed by atoms with van der Waals surface area (Å²) in [6, 6.07) is 26.8. The van der Waals surface area contributed by atoms with Crippen LogP contribution in [0, 0.1) is 0 Å². The van der Waals surface area contributed by atoms with E-state index < -0.39 is 0 Å². The van der Waals surface area contributed by atoms with Gasteiger partial charge in [0.15, 0.2) is 5.78 Å². The standard InChI is InChI=1S/C27H24N2O/c1-18(16-25(30)22-17-29(2)24-15-9-7-12-20(22)24)26-21-13-6-8-14-23(21)28-27(26)19-10-4-3-5-11-19/h3-15,17-18,28H,16H2,1-2H3. The summed E-state index contributed by atoms with van der Waals surface area (Å²) in [5, 5.41) is 2.22. The van der Waals surface area contributed by atoms with Crippen molar-refractivity contribution < 1.29 is 4.79 Å². The molecule has 5 rings (SSSR count). The van der Waals surface area contributed by atoms with E-state index in [9.17, 15) is 4.79 Å². The maximum atomic E-state index is 13.3. The van der Waals surface area contributed by atoms with E-state index in [2.05, 4.69) is 60.4 Å². The van der Waals surface area contributed by atoms with Gasteiger partial charge in [-0.05, 0) is 29.2 Å². The first-order chi connectivity index (χ1) is 14.6. The summed E-state index contributed by atoms with van der Waals surface area (Å²) in [5.74, 6) is 0.270. The number of ketones is 1. The summed E-state index contributed by atoms with van der Waals surface area (Å²) in [7, 11) is 2.00. The van der Waals surface area contributed by atoms with Crippen LogP contribution in [0.1, 0.15) is 35.2 Å². The zero-order valence-electron chi connectivity index (χ0n) is 17.2. The summed E-state index contributed by atoms with van der Waals surface area (Å²) in [5.41, 5.74) is 6.47. The molecule has 5 aromatic rings. The van der Waals surface area contributed by atoms with Crippen molar-refractivity contribution >= 4 is 27.6 Å². The number of Topliss-reactive ketones (excluding diaryl/α,β-unsaturated/α-hetero) is 1. The van der Waals surface area contributed by atoms with Crippen LogP contribution in [0.3, 0.4) is 0 Å². The number of aromatic nitrogens is 2. The maximum absolute atomic E-state index is 13.3. The molecule has 0 saturated carbocycles.